The molecule has 1 N–H and O–H groups in total. The number of hydrogen-bond acceptors (Lipinski definition) is 2. The van der Waals surface area contributed by atoms with E-state index >= 15 is 0 Å². The van der Waals surface area contributed by atoms with E-state index in [0.717, 1.165) is 0 Å². The second-order valence-electron chi connectivity index (χ2n) is 4.35. The Morgan fingerprint density at radius 3 is 2.75 bits per heavy atom. The minimum Gasteiger partial charge on any atom is -0.490 e. The van der Waals surface area contributed by atoms with Crippen LogP contribution in [0.4, 0.5) is 4.39 Å². The van der Waals surface area contributed by atoms with Crippen LogP contribution in [0, 0.1) is 11.7 Å². The minimum absolute atomic E-state index is 0.183. The van der Waals surface area contributed by atoms with Crippen LogP contribution in [0.15, 0.2) is 18.2 Å². The summed E-state index contributed by atoms with van der Waals surface area (Å²) in [4.78, 5) is 0. The van der Waals surface area contributed by atoms with Gasteiger partial charge in [0.15, 0.2) is 11.6 Å². The molecule has 0 amide bonds. The number of rotatable bonds is 4. The van der Waals surface area contributed by atoms with Gasteiger partial charge in [0.25, 0.3) is 0 Å². The van der Waals surface area contributed by atoms with E-state index in [2.05, 4.69) is 0 Å². The molecular formula is C13H17FO2. The highest BCUT2D eigenvalue weighted by Crippen LogP contribution is 2.28. The van der Waals surface area contributed by atoms with Gasteiger partial charge in [0.2, 0.25) is 0 Å². The van der Waals surface area contributed by atoms with Crippen molar-refractivity contribution in [3.63, 3.8) is 0 Å². The molecule has 88 valence electrons. The maximum Gasteiger partial charge on any atom is 0.165 e. The fourth-order valence-electron chi connectivity index (χ4n) is 2.22. The molecular weight excluding hydrogens is 207 g/mol. The van der Waals surface area contributed by atoms with Gasteiger partial charge in [-0.3, -0.25) is 0 Å². The van der Waals surface area contributed by atoms with Crippen molar-refractivity contribution in [1.82, 2.24) is 0 Å². The summed E-state index contributed by atoms with van der Waals surface area (Å²) >= 11 is 0. The average molecular weight is 224 g/mol. The standard InChI is InChI=1S/C13H17FO2/c14-12-7-3-6-11(8-15)13(12)16-9-10-4-1-2-5-10/h3,6-7,10,15H,1-2,4-5,8-9H2. The lowest BCUT2D eigenvalue weighted by molar-refractivity contribution is 0.225. The van der Waals surface area contributed by atoms with E-state index in [1.807, 2.05) is 0 Å². The van der Waals surface area contributed by atoms with E-state index in [1.165, 1.54) is 31.7 Å². The third-order valence-electron chi connectivity index (χ3n) is 3.16. The molecule has 16 heavy (non-hydrogen) atoms. The maximum absolute atomic E-state index is 13.5. The van der Waals surface area contributed by atoms with Crippen LogP contribution in [0.1, 0.15) is 31.2 Å². The molecule has 1 aromatic carbocycles. The number of aliphatic hydroxyl groups excluding tert-OH is 1. The van der Waals surface area contributed by atoms with Gasteiger partial charge in [-0.2, -0.15) is 0 Å². The number of aliphatic hydroxyl groups is 1. The predicted molar refractivity (Wildman–Crippen MR) is 59.8 cm³/mol. The predicted octanol–water partition coefficient (Wildman–Crippen LogP) is 2.89. The number of para-hydroxylation sites is 1. The first kappa shape index (κ1) is 11.4. The third-order valence-corrected chi connectivity index (χ3v) is 3.16. The van der Waals surface area contributed by atoms with E-state index in [1.54, 1.807) is 12.1 Å². The van der Waals surface area contributed by atoms with Crippen LogP contribution >= 0.6 is 0 Å². The van der Waals surface area contributed by atoms with E-state index in [4.69, 9.17) is 9.84 Å². The quantitative estimate of drug-likeness (QED) is 0.852. The molecule has 0 radical (unpaired) electrons. The minimum atomic E-state index is -0.385. The van der Waals surface area contributed by atoms with Gasteiger partial charge in [-0.15, -0.1) is 0 Å². The van der Waals surface area contributed by atoms with Gasteiger partial charge >= 0.3 is 0 Å². The Balaban J connectivity index is 2.01. The van der Waals surface area contributed by atoms with Crippen LogP contribution in [0.2, 0.25) is 0 Å². The molecule has 0 heterocycles. The van der Waals surface area contributed by atoms with Gasteiger partial charge in [-0.25, -0.2) is 4.39 Å². The fourth-order valence-corrected chi connectivity index (χ4v) is 2.22. The topological polar surface area (TPSA) is 29.5 Å². The fraction of sp³-hybridized carbons (Fsp3) is 0.538. The maximum atomic E-state index is 13.5. The Hall–Kier alpha value is -1.09. The summed E-state index contributed by atoms with van der Waals surface area (Å²) in [7, 11) is 0. The Morgan fingerprint density at radius 1 is 1.31 bits per heavy atom. The van der Waals surface area contributed by atoms with Gasteiger partial charge in [-0.1, -0.05) is 25.0 Å². The van der Waals surface area contributed by atoms with Crippen LogP contribution in [-0.2, 0) is 6.61 Å². The summed E-state index contributed by atoms with van der Waals surface area (Å²) in [6, 6.07) is 4.64. The number of halogens is 1. The van der Waals surface area contributed by atoms with Gasteiger partial charge < -0.3 is 9.84 Å². The highest BCUT2D eigenvalue weighted by atomic mass is 19.1. The Labute approximate surface area is 95.1 Å². The van der Waals surface area contributed by atoms with E-state index in [0.29, 0.717) is 18.1 Å². The summed E-state index contributed by atoms with van der Waals surface area (Å²) < 4.78 is 19.0. The SMILES string of the molecule is OCc1cccc(F)c1OCC1CCCC1. The molecule has 0 unspecified atom stereocenters. The monoisotopic (exact) mass is 224 g/mol. The zero-order chi connectivity index (χ0) is 11.4. The lowest BCUT2D eigenvalue weighted by Crippen LogP contribution is -2.10. The largest absolute Gasteiger partial charge is 0.490 e. The highest BCUT2D eigenvalue weighted by Gasteiger charge is 2.17. The first-order chi connectivity index (χ1) is 7.81. The van der Waals surface area contributed by atoms with Gasteiger partial charge in [0.05, 0.1) is 13.2 Å². The van der Waals surface area contributed by atoms with Gasteiger partial charge in [0.1, 0.15) is 0 Å². The summed E-state index contributed by atoms with van der Waals surface area (Å²) in [5, 5.41) is 9.09. The molecule has 1 aromatic rings. The van der Waals surface area contributed by atoms with Crippen LogP contribution in [-0.4, -0.2) is 11.7 Å². The first-order valence-corrected chi connectivity index (χ1v) is 5.82. The van der Waals surface area contributed by atoms with Crippen molar-refractivity contribution >= 4 is 0 Å². The second-order valence-corrected chi connectivity index (χ2v) is 4.35. The molecule has 1 saturated carbocycles. The van der Waals surface area contributed by atoms with Crippen LogP contribution < -0.4 is 4.74 Å². The molecule has 0 atom stereocenters. The highest BCUT2D eigenvalue weighted by molar-refractivity contribution is 5.34. The summed E-state index contributed by atoms with van der Waals surface area (Å²) in [6.07, 6.45) is 4.84. The van der Waals surface area contributed by atoms with E-state index < -0.39 is 0 Å². The zero-order valence-corrected chi connectivity index (χ0v) is 9.29. The van der Waals surface area contributed by atoms with Crippen molar-refractivity contribution in [2.24, 2.45) is 5.92 Å². The molecule has 1 fully saturated rings. The van der Waals surface area contributed by atoms with Crippen molar-refractivity contribution in [2.45, 2.75) is 32.3 Å². The van der Waals surface area contributed by atoms with Crippen molar-refractivity contribution in [3.8, 4) is 5.75 Å². The van der Waals surface area contributed by atoms with Gasteiger partial charge in [0, 0.05) is 5.56 Å². The Bertz CT molecular complexity index is 346. The molecule has 0 aliphatic heterocycles. The summed E-state index contributed by atoms with van der Waals surface area (Å²) in [5.74, 6) is 0.382. The zero-order valence-electron chi connectivity index (χ0n) is 9.29. The molecule has 2 rings (SSSR count). The Kier molecular flexibility index (Phi) is 3.78. The molecule has 3 heteroatoms. The van der Waals surface area contributed by atoms with E-state index in [-0.39, 0.29) is 18.2 Å². The lowest BCUT2D eigenvalue weighted by atomic mass is 10.1. The summed E-state index contributed by atoms with van der Waals surface area (Å²) in [5.41, 5.74) is 0.526. The van der Waals surface area contributed by atoms with Crippen LogP contribution in [0.5, 0.6) is 5.75 Å². The average Bonchev–Trinajstić information content (AvgIpc) is 2.80. The molecule has 0 spiro atoms. The first-order valence-electron chi connectivity index (χ1n) is 5.82. The molecule has 1 aliphatic carbocycles. The van der Waals surface area contributed by atoms with Crippen molar-refractivity contribution in [3.05, 3.63) is 29.6 Å². The van der Waals surface area contributed by atoms with Crippen molar-refractivity contribution < 1.29 is 14.2 Å². The normalized spacial score (nSPS) is 16.6. The molecule has 0 aromatic heterocycles. The summed E-state index contributed by atoms with van der Waals surface area (Å²) in [6.45, 7) is 0.381. The van der Waals surface area contributed by atoms with Crippen molar-refractivity contribution in [2.75, 3.05) is 6.61 Å². The van der Waals surface area contributed by atoms with E-state index in [9.17, 15) is 4.39 Å². The molecule has 2 nitrogen and oxygen atoms in total. The number of hydrogen-bond donors (Lipinski definition) is 1. The van der Waals surface area contributed by atoms with Crippen molar-refractivity contribution in [1.29, 1.82) is 0 Å². The number of ether oxygens (including phenoxy) is 1. The Morgan fingerprint density at radius 2 is 2.06 bits per heavy atom. The molecule has 0 bridgehead atoms. The second kappa shape index (κ2) is 5.30. The van der Waals surface area contributed by atoms with Crippen LogP contribution in [0.3, 0.4) is 0 Å². The molecule has 1 aliphatic rings. The molecule has 0 saturated heterocycles. The lowest BCUT2D eigenvalue weighted by Gasteiger charge is -2.14. The third kappa shape index (κ3) is 2.53. The number of benzene rings is 1. The smallest absolute Gasteiger partial charge is 0.165 e. The van der Waals surface area contributed by atoms with Gasteiger partial charge in [-0.05, 0) is 24.8 Å². The van der Waals surface area contributed by atoms with Crippen LogP contribution in [0.25, 0.3) is 0 Å².